The second-order valence-corrected chi connectivity index (χ2v) is 8.15. The molecule has 0 aliphatic rings. The van der Waals surface area contributed by atoms with E-state index < -0.39 is 16.1 Å². The SMILES string of the molecule is COc1ccc2c(C(NS(=O)(=O)c3ccccc3)c3ccccc3)c[nH]c2c1. The number of methoxy groups -OCH3 is 1. The fraction of sp³-hybridized carbons (Fsp3) is 0.0909. The van der Waals surface area contributed by atoms with E-state index in [1.807, 2.05) is 54.7 Å². The van der Waals surface area contributed by atoms with Gasteiger partial charge in [-0.25, -0.2) is 8.42 Å². The average Bonchev–Trinajstić information content (AvgIpc) is 3.16. The summed E-state index contributed by atoms with van der Waals surface area (Å²) >= 11 is 0. The molecule has 0 bridgehead atoms. The maximum Gasteiger partial charge on any atom is 0.241 e. The Bertz CT molecular complexity index is 1190. The highest BCUT2D eigenvalue weighted by Crippen LogP contribution is 2.32. The molecule has 0 spiro atoms. The van der Waals surface area contributed by atoms with Gasteiger partial charge in [0.2, 0.25) is 10.0 Å². The van der Waals surface area contributed by atoms with Crippen LogP contribution < -0.4 is 9.46 Å². The average molecular weight is 392 g/mol. The molecule has 1 unspecified atom stereocenters. The Morgan fingerprint density at radius 3 is 2.29 bits per heavy atom. The lowest BCUT2D eigenvalue weighted by molar-refractivity contribution is 0.415. The van der Waals surface area contributed by atoms with Gasteiger partial charge < -0.3 is 9.72 Å². The van der Waals surface area contributed by atoms with Gasteiger partial charge in [0.25, 0.3) is 0 Å². The van der Waals surface area contributed by atoms with Gasteiger partial charge in [0.15, 0.2) is 0 Å². The monoisotopic (exact) mass is 392 g/mol. The third kappa shape index (κ3) is 3.52. The van der Waals surface area contributed by atoms with Crippen LogP contribution in [0.1, 0.15) is 17.2 Å². The summed E-state index contributed by atoms with van der Waals surface area (Å²) < 4.78 is 34.2. The van der Waals surface area contributed by atoms with Crippen LogP contribution in [0.3, 0.4) is 0 Å². The first kappa shape index (κ1) is 18.3. The number of aromatic amines is 1. The van der Waals surface area contributed by atoms with Gasteiger partial charge >= 0.3 is 0 Å². The van der Waals surface area contributed by atoms with E-state index in [9.17, 15) is 8.42 Å². The Labute approximate surface area is 164 Å². The quantitative estimate of drug-likeness (QED) is 0.515. The lowest BCUT2D eigenvalue weighted by Gasteiger charge is -2.19. The highest BCUT2D eigenvalue weighted by atomic mass is 32.2. The number of hydrogen-bond acceptors (Lipinski definition) is 3. The number of fused-ring (bicyclic) bond motifs is 1. The predicted octanol–water partition coefficient (Wildman–Crippen LogP) is 4.24. The van der Waals surface area contributed by atoms with Crippen LogP contribution in [0.5, 0.6) is 5.75 Å². The van der Waals surface area contributed by atoms with Gasteiger partial charge in [-0.1, -0.05) is 48.5 Å². The minimum absolute atomic E-state index is 0.234. The molecule has 2 N–H and O–H groups in total. The number of ether oxygens (including phenoxy) is 1. The van der Waals surface area contributed by atoms with Crippen molar-refractivity contribution in [2.45, 2.75) is 10.9 Å². The maximum atomic E-state index is 13.0. The smallest absolute Gasteiger partial charge is 0.241 e. The van der Waals surface area contributed by atoms with Crippen LogP contribution in [0.25, 0.3) is 10.9 Å². The van der Waals surface area contributed by atoms with Crippen LogP contribution in [0, 0.1) is 0 Å². The molecular formula is C22H20N2O3S. The zero-order chi connectivity index (χ0) is 19.6. The van der Waals surface area contributed by atoms with Crippen molar-refractivity contribution < 1.29 is 13.2 Å². The number of rotatable bonds is 6. The molecule has 1 heterocycles. The first-order chi connectivity index (χ1) is 13.6. The van der Waals surface area contributed by atoms with Gasteiger partial charge in [-0.05, 0) is 35.4 Å². The largest absolute Gasteiger partial charge is 0.497 e. The topological polar surface area (TPSA) is 71.2 Å². The van der Waals surface area contributed by atoms with Crippen molar-refractivity contribution in [3.05, 3.63) is 96.2 Å². The summed E-state index contributed by atoms with van der Waals surface area (Å²) in [6.07, 6.45) is 1.84. The van der Waals surface area contributed by atoms with Crippen molar-refractivity contribution in [1.29, 1.82) is 0 Å². The molecule has 0 aliphatic heterocycles. The molecule has 0 saturated carbocycles. The summed E-state index contributed by atoms with van der Waals surface area (Å²) in [5.74, 6) is 0.738. The van der Waals surface area contributed by atoms with Crippen LogP contribution >= 0.6 is 0 Å². The highest BCUT2D eigenvalue weighted by molar-refractivity contribution is 7.89. The molecule has 0 saturated heterocycles. The van der Waals surface area contributed by atoms with Gasteiger partial charge in [-0.3, -0.25) is 0 Å². The van der Waals surface area contributed by atoms with E-state index >= 15 is 0 Å². The highest BCUT2D eigenvalue weighted by Gasteiger charge is 2.25. The zero-order valence-electron chi connectivity index (χ0n) is 15.3. The van der Waals surface area contributed by atoms with Crippen molar-refractivity contribution in [2.24, 2.45) is 0 Å². The molecule has 28 heavy (non-hydrogen) atoms. The summed E-state index contributed by atoms with van der Waals surface area (Å²) in [5, 5.41) is 0.936. The second-order valence-electron chi connectivity index (χ2n) is 6.43. The van der Waals surface area contributed by atoms with Gasteiger partial charge in [0.1, 0.15) is 5.75 Å². The summed E-state index contributed by atoms with van der Waals surface area (Å²) in [7, 11) is -2.09. The maximum absolute atomic E-state index is 13.0. The van der Waals surface area contributed by atoms with E-state index in [2.05, 4.69) is 9.71 Å². The van der Waals surface area contributed by atoms with Crippen LogP contribution in [0.15, 0.2) is 90.0 Å². The summed E-state index contributed by atoms with van der Waals surface area (Å²) in [6.45, 7) is 0. The lowest BCUT2D eigenvalue weighted by Crippen LogP contribution is -2.29. The Balaban J connectivity index is 1.82. The minimum Gasteiger partial charge on any atom is -0.497 e. The molecule has 1 aromatic heterocycles. The van der Waals surface area contributed by atoms with Gasteiger partial charge in [0, 0.05) is 23.2 Å². The first-order valence-electron chi connectivity index (χ1n) is 8.86. The van der Waals surface area contributed by atoms with Gasteiger partial charge in [-0.15, -0.1) is 0 Å². The van der Waals surface area contributed by atoms with Crippen molar-refractivity contribution in [1.82, 2.24) is 9.71 Å². The molecule has 0 radical (unpaired) electrons. The van der Waals surface area contributed by atoms with Gasteiger partial charge in [-0.2, -0.15) is 4.72 Å². The normalized spacial score (nSPS) is 12.8. The van der Waals surface area contributed by atoms with Crippen LogP contribution in [-0.2, 0) is 10.0 Å². The first-order valence-corrected chi connectivity index (χ1v) is 10.3. The van der Waals surface area contributed by atoms with Crippen molar-refractivity contribution in [3.63, 3.8) is 0 Å². The van der Waals surface area contributed by atoms with E-state index in [-0.39, 0.29) is 4.90 Å². The van der Waals surface area contributed by atoms with E-state index in [1.54, 1.807) is 37.4 Å². The third-order valence-electron chi connectivity index (χ3n) is 4.69. The Morgan fingerprint density at radius 1 is 0.929 bits per heavy atom. The number of hydrogen-bond donors (Lipinski definition) is 2. The van der Waals surface area contributed by atoms with E-state index in [4.69, 9.17) is 4.74 Å². The molecule has 3 aromatic carbocycles. The predicted molar refractivity (Wildman–Crippen MR) is 110 cm³/mol. The molecule has 142 valence electrons. The zero-order valence-corrected chi connectivity index (χ0v) is 16.1. The molecular weight excluding hydrogens is 372 g/mol. The Hall–Kier alpha value is -3.09. The summed E-state index contributed by atoms with van der Waals surface area (Å²) in [5.41, 5.74) is 2.59. The molecule has 6 heteroatoms. The molecule has 1 atom stereocenters. The van der Waals surface area contributed by atoms with Crippen LogP contribution in [-0.4, -0.2) is 20.5 Å². The standard InChI is InChI=1S/C22H20N2O3S/c1-27-17-12-13-19-20(15-23-21(19)14-17)22(16-8-4-2-5-9-16)24-28(25,26)18-10-6-3-7-11-18/h2-15,22-24H,1H3. The third-order valence-corrected chi connectivity index (χ3v) is 6.13. The minimum atomic E-state index is -3.70. The number of aromatic nitrogens is 1. The Kier molecular flexibility index (Phi) is 4.90. The van der Waals surface area contributed by atoms with Crippen molar-refractivity contribution >= 4 is 20.9 Å². The van der Waals surface area contributed by atoms with Crippen LogP contribution in [0.4, 0.5) is 0 Å². The Morgan fingerprint density at radius 2 is 1.61 bits per heavy atom. The lowest BCUT2D eigenvalue weighted by atomic mass is 9.99. The van der Waals surface area contributed by atoms with E-state index in [0.29, 0.717) is 0 Å². The molecule has 5 nitrogen and oxygen atoms in total. The molecule has 0 aliphatic carbocycles. The molecule has 4 rings (SSSR count). The van der Waals surface area contributed by atoms with E-state index in [1.165, 1.54) is 0 Å². The number of H-pyrrole nitrogens is 1. The van der Waals surface area contributed by atoms with Gasteiger partial charge in [0.05, 0.1) is 18.0 Å². The molecule has 0 amide bonds. The second kappa shape index (κ2) is 7.50. The molecule has 0 fully saturated rings. The fourth-order valence-electron chi connectivity index (χ4n) is 3.27. The number of sulfonamides is 1. The fourth-order valence-corrected chi connectivity index (χ4v) is 4.50. The number of benzene rings is 3. The van der Waals surface area contributed by atoms with Crippen molar-refractivity contribution in [3.8, 4) is 5.75 Å². The number of nitrogens with one attached hydrogen (secondary N) is 2. The molecule has 4 aromatic rings. The van der Waals surface area contributed by atoms with Crippen LogP contribution in [0.2, 0.25) is 0 Å². The van der Waals surface area contributed by atoms with E-state index in [0.717, 1.165) is 27.8 Å². The summed E-state index contributed by atoms with van der Waals surface area (Å²) in [6, 6.07) is 23.1. The van der Waals surface area contributed by atoms with Crippen molar-refractivity contribution in [2.75, 3.05) is 7.11 Å². The summed E-state index contributed by atoms with van der Waals surface area (Å²) in [4.78, 5) is 3.46.